The predicted molar refractivity (Wildman–Crippen MR) is 147 cm³/mol. The number of ether oxygens (including phenoxy) is 2. The number of rotatable bonds is 9. The molecular weight excluding hydrogens is 545 g/mol. The molecule has 3 aromatic heterocycles. The Morgan fingerprint density at radius 2 is 1.87 bits per heavy atom. The Hall–Kier alpha value is -3.16. The highest BCUT2D eigenvalue weighted by atomic mass is 35.5. The molecule has 212 valence electrons. The van der Waals surface area contributed by atoms with Gasteiger partial charge in [0, 0.05) is 6.20 Å². The van der Waals surface area contributed by atoms with E-state index in [0.717, 1.165) is 6.07 Å². The first-order valence-electron chi connectivity index (χ1n) is 12.4. The van der Waals surface area contributed by atoms with E-state index in [1.54, 1.807) is 32.9 Å². The van der Waals surface area contributed by atoms with Crippen molar-refractivity contribution in [3.05, 3.63) is 41.4 Å². The standard InChI is InChI=1S/C25H35ClFN7O4Si/c1-24(2,3)38-23(35)30-17(15-36-39(7,8)25(4,5)6)14-34-32-21(31-33-34)20-10-9-18(13-28-20)37-22-19(27)11-16(26)12-29-22/h9-13,17H,14-15H2,1-8H3,(H,30,35)/t17-/m0/s1. The molecule has 14 heteroatoms. The predicted octanol–water partition coefficient (Wildman–Crippen LogP) is 5.63. The van der Waals surface area contributed by atoms with Gasteiger partial charge in [-0.25, -0.2) is 19.2 Å². The fraction of sp³-hybridized carbons (Fsp3) is 0.520. The van der Waals surface area contributed by atoms with E-state index in [-0.39, 0.29) is 40.7 Å². The van der Waals surface area contributed by atoms with E-state index in [2.05, 4.69) is 64.6 Å². The van der Waals surface area contributed by atoms with E-state index in [4.69, 9.17) is 25.5 Å². The van der Waals surface area contributed by atoms with Crippen molar-refractivity contribution in [1.82, 2.24) is 35.5 Å². The third-order valence-corrected chi connectivity index (χ3v) is 10.7. The van der Waals surface area contributed by atoms with Crippen molar-refractivity contribution in [2.45, 2.75) is 77.9 Å². The minimum absolute atomic E-state index is 0.000912. The normalized spacial score (nSPS) is 13.2. The smallest absolute Gasteiger partial charge is 0.408 e. The average molecular weight is 580 g/mol. The molecular formula is C25H35ClFN7O4Si. The molecule has 3 aromatic rings. The van der Waals surface area contributed by atoms with Crippen molar-refractivity contribution in [3.8, 4) is 23.1 Å². The first-order valence-corrected chi connectivity index (χ1v) is 15.7. The summed E-state index contributed by atoms with van der Waals surface area (Å²) in [6.07, 6.45) is 2.12. The Labute approximate surface area is 233 Å². The molecule has 1 amide bonds. The van der Waals surface area contributed by atoms with Crippen LogP contribution in [-0.2, 0) is 15.7 Å². The molecule has 3 rings (SSSR count). The van der Waals surface area contributed by atoms with Gasteiger partial charge >= 0.3 is 6.09 Å². The Balaban J connectivity index is 1.71. The number of pyridine rings is 2. The first-order chi connectivity index (χ1) is 18.0. The summed E-state index contributed by atoms with van der Waals surface area (Å²) in [5.74, 6) is -0.382. The second-order valence-electron chi connectivity index (χ2n) is 11.5. The molecule has 39 heavy (non-hydrogen) atoms. The van der Waals surface area contributed by atoms with E-state index in [1.807, 2.05) is 0 Å². The van der Waals surface area contributed by atoms with Crippen molar-refractivity contribution in [2.75, 3.05) is 6.61 Å². The molecule has 11 nitrogen and oxygen atoms in total. The molecule has 3 heterocycles. The number of hydrogen-bond donors (Lipinski definition) is 1. The SMILES string of the molecule is CC(C)(C)OC(=O)N[C@H](CO[Si](C)(C)C(C)(C)C)Cn1nnc(-c2ccc(Oc3ncc(Cl)cc3F)cn2)n1. The molecule has 0 aliphatic heterocycles. The minimum atomic E-state index is -2.08. The van der Waals surface area contributed by atoms with Crippen LogP contribution in [0.1, 0.15) is 41.5 Å². The van der Waals surface area contributed by atoms with Crippen molar-refractivity contribution in [2.24, 2.45) is 0 Å². The van der Waals surface area contributed by atoms with Gasteiger partial charge in [0.2, 0.25) is 5.82 Å². The van der Waals surface area contributed by atoms with E-state index in [9.17, 15) is 9.18 Å². The van der Waals surface area contributed by atoms with E-state index in [1.165, 1.54) is 17.2 Å². The second kappa shape index (κ2) is 11.9. The Morgan fingerprint density at radius 1 is 1.15 bits per heavy atom. The maximum Gasteiger partial charge on any atom is 0.408 e. The number of alkyl carbamates (subject to hydrolysis) is 1. The summed E-state index contributed by atoms with van der Waals surface area (Å²) in [7, 11) is -2.08. The molecule has 0 spiro atoms. The summed E-state index contributed by atoms with van der Waals surface area (Å²) >= 11 is 5.72. The number of carbonyl (C=O) groups excluding carboxylic acids is 1. The van der Waals surface area contributed by atoms with Crippen LogP contribution < -0.4 is 10.1 Å². The van der Waals surface area contributed by atoms with Crippen molar-refractivity contribution >= 4 is 26.0 Å². The Bertz CT molecular complexity index is 1280. The van der Waals surface area contributed by atoms with Crippen molar-refractivity contribution in [1.29, 1.82) is 0 Å². The van der Waals surface area contributed by atoms with E-state index < -0.39 is 31.9 Å². The van der Waals surface area contributed by atoms with E-state index >= 15 is 0 Å². The van der Waals surface area contributed by atoms with Crippen LogP contribution in [0.5, 0.6) is 11.6 Å². The molecule has 0 aliphatic rings. The topological polar surface area (TPSA) is 126 Å². The van der Waals surface area contributed by atoms with Crippen LogP contribution in [-0.4, -0.2) is 62.8 Å². The van der Waals surface area contributed by atoms with Crippen LogP contribution in [0.25, 0.3) is 11.5 Å². The van der Waals surface area contributed by atoms with Gasteiger partial charge in [0.25, 0.3) is 5.88 Å². The molecule has 0 fully saturated rings. The third-order valence-electron chi connectivity index (χ3n) is 5.96. The van der Waals surface area contributed by atoms with Crippen molar-refractivity contribution in [3.63, 3.8) is 0 Å². The van der Waals surface area contributed by atoms with Crippen LogP contribution >= 0.6 is 11.6 Å². The van der Waals surface area contributed by atoms with Gasteiger partial charge in [0.1, 0.15) is 17.0 Å². The molecule has 0 saturated heterocycles. The summed E-state index contributed by atoms with van der Waals surface area (Å²) in [5.41, 5.74) is -0.225. The van der Waals surface area contributed by atoms with Crippen LogP contribution in [0, 0.1) is 5.82 Å². The van der Waals surface area contributed by atoms with Crippen molar-refractivity contribution < 1.29 is 23.1 Å². The maximum absolute atomic E-state index is 14.0. The third kappa shape index (κ3) is 8.94. The molecule has 0 radical (unpaired) electrons. The van der Waals surface area contributed by atoms with Crippen LogP contribution in [0.2, 0.25) is 23.2 Å². The molecule has 0 bridgehead atoms. The first kappa shape index (κ1) is 30.4. The highest BCUT2D eigenvalue weighted by molar-refractivity contribution is 6.74. The van der Waals surface area contributed by atoms with Crippen LogP contribution in [0.3, 0.4) is 0 Å². The van der Waals surface area contributed by atoms with Gasteiger partial charge < -0.3 is 19.2 Å². The zero-order valence-corrected chi connectivity index (χ0v) is 25.2. The quantitative estimate of drug-likeness (QED) is 0.321. The highest BCUT2D eigenvalue weighted by Crippen LogP contribution is 2.36. The highest BCUT2D eigenvalue weighted by Gasteiger charge is 2.38. The Kier molecular flexibility index (Phi) is 9.29. The number of nitrogens with one attached hydrogen (secondary N) is 1. The van der Waals surface area contributed by atoms with E-state index in [0.29, 0.717) is 5.69 Å². The second-order valence-corrected chi connectivity index (χ2v) is 16.7. The van der Waals surface area contributed by atoms with Gasteiger partial charge in [0.15, 0.2) is 14.1 Å². The molecule has 0 saturated carbocycles. The number of carbonyl (C=O) groups is 1. The van der Waals surface area contributed by atoms with Crippen LogP contribution in [0.15, 0.2) is 30.6 Å². The zero-order chi connectivity index (χ0) is 29.0. The fourth-order valence-corrected chi connectivity index (χ4v) is 4.12. The largest absolute Gasteiger partial charge is 0.444 e. The van der Waals surface area contributed by atoms with Gasteiger partial charge in [-0.15, -0.1) is 10.2 Å². The molecule has 0 unspecified atom stereocenters. The number of hydrogen-bond acceptors (Lipinski definition) is 9. The lowest BCUT2D eigenvalue weighted by atomic mass is 10.2. The number of nitrogens with zero attached hydrogens (tertiary/aromatic N) is 6. The number of aromatic nitrogens is 6. The number of amides is 1. The van der Waals surface area contributed by atoms with Gasteiger partial charge in [-0.3, -0.25) is 0 Å². The lowest BCUT2D eigenvalue weighted by molar-refractivity contribution is 0.0475. The van der Waals surface area contributed by atoms with Gasteiger partial charge in [0.05, 0.1) is 30.4 Å². The molecule has 1 N–H and O–H groups in total. The summed E-state index contributed by atoms with van der Waals surface area (Å²) < 4.78 is 31.2. The zero-order valence-electron chi connectivity index (χ0n) is 23.5. The molecule has 0 aromatic carbocycles. The number of tetrazole rings is 1. The average Bonchev–Trinajstić information content (AvgIpc) is 3.26. The summed E-state index contributed by atoms with van der Waals surface area (Å²) in [4.78, 5) is 22.0. The fourth-order valence-electron chi connectivity index (χ4n) is 2.92. The summed E-state index contributed by atoms with van der Waals surface area (Å²) in [5, 5.41) is 15.6. The van der Waals surface area contributed by atoms with Gasteiger partial charge in [-0.2, -0.15) is 4.80 Å². The lowest BCUT2D eigenvalue weighted by Gasteiger charge is -2.37. The molecule has 1 atom stereocenters. The summed E-state index contributed by atoms with van der Waals surface area (Å²) in [6, 6.07) is 3.83. The van der Waals surface area contributed by atoms with Gasteiger partial charge in [-0.1, -0.05) is 32.4 Å². The van der Waals surface area contributed by atoms with Crippen LogP contribution in [0.4, 0.5) is 9.18 Å². The Morgan fingerprint density at radius 3 is 2.46 bits per heavy atom. The maximum atomic E-state index is 14.0. The lowest BCUT2D eigenvalue weighted by Crippen LogP contribution is -2.48. The monoisotopic (exact) mass is 579 g/mol. The molecule has 0 aliphatic carbocycles. The number of halogens is 2. The minimum Gasteiger partial charge on any atom is -0.444 e. The van der Waals surface area contributed by atoms with Gasteiger partial charge in [-0.05, 0) is 62.3 Å². The summed E-state index contributed by atoms with van der Waals surface area (Å²) in [6.45, 7) is 16.6.